The summed E-state index contributed by atoms with van der Waals surface area (Å²) in [5, 5.41) is 8.45. The first kappa shape index (κ1) is 12.7. The van der Waals surface area contributed by atoms with Crippen molar-refractivity contribution in [1.82, 2.24) is 4.57 Å². The van der Waals surface area contributed by atoms with Crippen molar-refractivity contribution in [2.45, 2.75) is 6.54 Å². The summed E-state index contributed by atoms with van der Waals surface area (Å²) in [6.07, 6.45) is 1.68. The van der Waals surface area contributed by atoms with Crippen molar-refractivity contribution in [3.8, 4) is 11.8 Å². The Morgan fingerprint density at radius 2 is 2.00 bits per heavy atom. The molecular formula is C14H13N3O2. The Kier molecular flexibility index (Phi) is 3.84. The summed E-state index contributed by atoms with van der Waals surface area (Å²) in [6, 6.07) is 12.4. The molecule has 1 aromatic carbocycles. The Morgan fingerprint density at radius 1 is 1.26 bits per heavy atom. The van der Waals surface area contributed by atoms with Gasteiger partial charge < -0.3 is 15.0 Å². The quantitative estimate of drug-likeness (QED) is 0.837. The number of aromatic nitrogens is 1. The van der Waals surface area contributed by atoms with Gasteiger partial charge in [-0.25, -0.2) is 0 Å². The van der Waals surface area contributed by atoms with E-state index in [4.69, 9.17) is 15.7 Å². The molecule has 0 aliphatic carbocycles. The van der Waals surface area contributed by atoms with E-state index in [0.29, 0.717) is 12.2 Å². The largest absolute Gasteiger partial charge is 0.473 e. The second-order valence-corrected chi connectivity index (χ2v) is 3.99. The highest BCUT2D eigenvalue weighted by molar-refractivity contribution is 5.39. The van der Waals surface area contributed by atoms with Crippen LogP contribution < -0.4 is 16.0 Å². The molecule has 0 aliphatic rings. The van der Waals surface area contributed by atoms with E-state index in [0.717, 1.165) is 5.56 Å². The van der Waals surface area contributed by atoms with Gasteiger partial charge in [0.15, 0.2) is 12.4 Å². The van der Waals surface area contributed by atoms with Crippen LogP contribution in [0, 0.1) is 11.3 Å². The fraction of sp³-hybridized carbons (Fsp3) is 0.143. The minimum Gasteiger partial charge on any atom is -0.473 e. The average Bonchev–Trinajstić information content (AvgIpc) is 2.42. The minimum absolute atomic E-state index is 0.138. The summed E-state index contributed by atoms with van der Waals surface area (Å²) in [6.45, 7) is 0.296. The van der Waals surface area contributed by atoms with Crippen molar-refractivity contribution >= 4 is 5.69 Å². The van der Waals surface area contributed by atoms with Crippen LogP contribution in [0.1, 0.15) is 5.56 Å². The molecule has 0 unspecified atom stereocenters. The first-order valence-corrected chi connectivity index (χ1v) is 5.74. The fourth-order valence-electron chi connectivity index (χ4n) is 1.68. The maximum absolute atomic E-state index is 12.0. The van der Waals surface area contributed by atoms with Crippen LogP contribution in [0.25, 0.3) is 0 Å². The average molecular weight is 255 g/mol. The van der Waals surface area contributed by atoms with Crippen LogP contribution in [0.2, 0.25) is 0 Å². The standard InChI is InChI=1S/C14H13N3O2/c15-7-9-19-13-2-1-8-17(14(13)18)10-11-3-5-12(16)6-4-11/h1-6,8H,9-10,16H2. The monoisotopic (exact) mass is 255 g/mol. The molecule has 0 amide bonds. The molecule has 1 aromatic heterocycles. The Hall–Kier alpha value is -2.74. The zero-order valence-electron chi connectivity index (χ0n) is 10.2. The highest BCUT2D eigenvalue weighted by Gasteiger charge is 2.04. The summed E-state index contributed by atoms with van der Waals surface area (Å²) in [7, 11) is 0. The van der Waals surface area contributed by atoms with E-state index < -0.39 is 0 Å². The van der Waals surface area contributed by atoms with Gasteiger partial charge in [-0.3, -0.25) is 4.79 Å². The van der Waals surface area contributed by atoms with Crippen molar-refractivity contribution in [3.05, 3.63) is 58.5 Å². The number of hydrogen-bond donors (Lipinski definition) is 1. The van der Waals surface area contributed by atoms with Gasteiger partial charge in [0.05, 0.1) is 6.54 Å². The predicted octanol–water partition coefficient (Wildman–Crippen LogP) is 1.38. The number of nitriles is 1. The molecule has 0 bridgehead atoms. The van der Waals surface area contributed by atoms with Gasteiger partial charge in [0.25, 0.3) is 5.56 Å². The molecule has 0 radical (unpaired) electrons. The molecule has 0 spiro atoms. The first-order valence-electron chi connectivity index (χ1n) is 5.74. The van der Waals surface area contributed by atoms with Gasteiger partial charge in [-0.1, -0.05) is 12.1 Å². The number of nitrogen functional groups attached to an aromatic ring is 1. The van der Waals surface area contributed by atoms with Gasteiger partial charge in [-0.2, -0.15) is 5.26 Å². The fourth-order valence-corrected chi connectivity index (χ4v) is 1.68. The number of benzene rings is 1. The summed E-state index contributed by atoms with van der Waals surface area (Å²) >= 11 is 0. The van der Waals surface area contributed by atoms with Crippen molar-refractivity contribution in [2.75, 3.05) is 12.3 Å². The van der Waals surface area contributed by atoms with Crippen molar-refractivity contribution in [2.24, 2.45) is 0 Å². The second kappa shape index (κ2) is 5.74. The zero-order valence-corrected chi connectivity index (χ0v) is 10.2. The third kappa shape index (κ3) is 3.13. The summed E-state index contributed by atoms with van der Waals surface area (Å²) in [4.78, 5) is 12.0. The van der Waals surface area contributed by atoms with Gasteiger partial charge >= 0.3 is 0 Å². The zero-order chi connectivity index (χ0) is 13.7. The van der Waals surface area contributed by atoms with Crippen LogP contribution in [0.3, 0.4) is 0 Å². The molecule has 0 saturated heterocycles. The Labute approximate surface area is 110 Å². The van der Waals surface area contributed by atoms with Crippen LogP contribution in [-0.4, -0.2) is 11.2 Å². The van der Waals surface area contributed by atoms with Gasteiger partial charge in [-0.15, -0.1) is 0 Å². The smallest absolute Gasteiger partial charge is 0.293 e. The van der Waals surface area contributed by atoms with E-state index in [1.54, 1.807) is 30.5 Å². The lowest BCUT2D eigenvalue weighted by atomic mass is 10.2. The van der Waals surface area contributed by atoms with Crippen molar-refractivity contribution in [1.29, 1.82) is 5.26 Å². The Bertz CT molecular complexity index is 654. The number of nitrogens with two attached hydrogens (primary N) is 1. The SMILES string of the molecule is N#CCOc1cccn(Cc2ccc(N)cc2)c1=O. The van der Waals surface area contributed by atoms with E-state index in [1.807, 2.05) is 18.2 Å². The van der Waals surface area contributed by atoms with Crippen molar-refractivity contribution < 1.29 is 4.74 Å². The van der Waals surface area contributed by atoms with Crippen LogP contribution >= 0.6 is 0 Å². The Morgan fingerprint density at radius 3 is 2.68 bits per heavy atom. The van der Waals surface area contributed by atoms with Gasteiger partial charge in [0, 0.05) is 11.9 Å². The maximum Gasteiger partial charge on any atom is 0.293 e. The molecule has 19 heavy (non-hydrogen) atoms. The number of anilines is 1. The van der Waals surface area contributed by atoms with E-state index in [-0.39, 0.29) is 17.9 Å². The molecular weight excluding hydrogens is 242 g/mol. The molecule has 96 valence electrons. The normalized spacial score (nSPS) is 9.84. The molecule has 2 rings (SSSR count). The number of pyridine rings is 1. The molecule has 1 heterocycles. The third-order valence-corrected chi connectivity index (χ3v) is 2.61. The molecule has 0 saturated carbocycles. The van der Waals surface area contributed by atoms with E-state index >= 15 is 0 Å². The van der Waals surface area contributed by atoms with Crippen molar-refractivity contribution in [3.63, 3.8) is 0 Å². The lowest BCUT2D eigenvalue weighted by molar-refractivity contribution is 0.359. The van der Waals surface area contributed by atoms with Crippen LogP contribution in [-0.2, 0) is 6.54 Å². The highest BCUT2D eigenvalue weighted by atomic mass is 16.5. The Balaban J connectivity index is 2.23. The van der Waals surface area contributed by atoms with E-state index in [1.165, 1.54) is 4.57 Å². The van der Waals surface area contributed by atoms with Crippen LogP contribution in [0.4, 0.5) is 5.69 Å². The number of nitrogens with zero attached hydrogens (tertiary/aromatic N) is 2. The molecule has 0 fully saturated rings. The van der Waals surface area contributed by atoms with Crippen LogP contribution in [0.15, 0.2) is 47.4 Å². The minimum atomic E-state index is -0.255. The van der Waals surface area contributed by atoms with E-state index in [2.05, 4.69) is 0 Å². The summed E-state index contributed by atoms with van der Waals surface area (Å²) < 4.78 is 6.59. The molecule has 5 heteroatoms. The van der Waals surface area contributed by atoms with Gasteiger partial charge in [-0.05, 0) is 29.8 Å². The topological polar surface area (TPSA) is 81.0 Å². The maximum atomic E-state index is 12.0. The molecule has 2 N–H and O–H groups in total. The first-order chi connectivity index (χ1) is 9.20. The van der Waals surface area contributed by atoms with Gasteiger partial charge in [0.2, 0.25) is 0 Å². The summed E-state index contributed by atoms with van der Waals surface area (Å²) in [5.41, 5.74) is 7.00. The second-order valence-electron chi connectivity index (χ2n) is 3.99. The molecule has 5 nitrogen and oxygen atoms in total. The predicted molar refractivity (Wildman–Crippen MR) is 71.8 cm³/mol. The van der Waals surface area contributed by atoms with Crippen LogP contribution in [0.5, 0.6) is 5.75 Å². The lowest BCUT2D eigenvalue weighted by Gasteiger charge is -2.08. The lowest BCUT2D eigenvalue weighted by Crippen LogP contribution is -2.21. The summed E-state index contributed by atoms with van der Waals surface area (Å²) in [5.74, 6) is 0.180. The van der Waals surface area contributed by atoms with E-state index in [9.17, 15) is 4.79 Å². The molecule has 0 atom stereocenters. The number of hydrogen-bond acceptors (Lipinski definition) is 4. The van der Waals surface area contributed by atoms with Gasteiger partial charge in [0.1, 0.15) is 6.07 Å². The third-order valence-electron chi connectivity index (χ3n) is 2.61. The number of rotatable bonds is 4. The molecule has 0 aliphatic heterocycles. The number of ether oxygens (including phenoxy) is 1. The molecule has 2 aromatic rings. The highest BCUT2D eigenvalue weighted by Crippen LogP contribution is 2.08.